The monoisotopic (exact) mass is 484 g/mol. The Morgan fingerprint density at radius 3 is 2.72 bits per heavy atom. The van der Waals surface area contributed by atoms with Crippen LogP contribution in [0.25, 0.3) is 11.3 Å². The van der Waals surface area contributed by atoms with Crippen LogP contribution in [0.15, 0.2) is 89.7 Å². The Morgan fingerprint density at radius 1 is 1.14 bits per heavy atom. The third-order valence-electron chi connectivity index (χ3n) is 6.55. The van der Waals surface area contributed by atoms with Gasteiger partial charge in [0, 0.05) is 40.9 Å². The molecule has 5 rings (SSSR count). The van der Waals surface area contributed by atoms with Gasteiger partial charge in [0.05, 0.1) is 6.54 Å². The average Bonchev–Trinajstić information content (AvgIpc) is 3.58. The van der Waals surface area contributed by atoms with Crippen molar-refractivity contribution < 1.29 is 19.2 Å². The Morgan fingerprint density at radius 2 is 1.94 bits per heavy atom. The quantitative estimate of drug-likeness (QED) is 0.261. The zero-order valence-electron chi connectivity index (χ0n) is 19.7. The molecule has 8 heteroatoms. The second-order valence-electron chi connectivity index (χ2n) is 9.12. The number of carbonyl (C=O) groups is 1. The molecule has 0 spiro atoms. The molecule has 0 radical (unpaired) electrons. The first kappa shape index (κ1) is 23.7. The number of nitrogens with zero attached hydrogens (tertiary/aromatic N) is 2. The summed E-state index contributed by atoms with van der Waals surface area (Å²) < 4.78 is 6.06. The van der Waals surface area contributed by atoms with Crippen LogP contribution >= 0.6 is 0 Å². The molecular weight excluding hydrogens is 456 g/mol. The number of aliphatic hydroxyl groups excluding tert-OH is 1. The second kappa shape index (κ2) is 10.7. The Balaban J connectivity index is 1.11. The van der Waals surface area contributed by atoms with E-state index < -0.39 is 6.10 Å². The molecule has 184 valence electrons. The number of hydrogen-bond acceptors (Lipinski definition) is 6. The van der Waals surface area contributed by atoms with Gasteiger partial charge in [0.1, 0.15) is 11.8 Å². The van der Waals surface area contributed by atoms with E-state index in [9.17, 15) is 15.1 Å². The first-order valence-corrected chi connectivity index (χ1v) is 12.1. The van der Waals surface area contributed by atoms with E-state index >= 15 is 0 Å². The molecule has 0 aliphatic carbocycles. The molecule has 3 heterocycles. The van der Waals surface area contributed by atoms with E-state index in [1.807, 2.05) is 60.7 Å². The molecule has 3 atom stereocenters. The standard InChI is InChI=1S/C28H28N4O4/c33-27(22-7-4-14-32(35)18-22)25-13-12-23(30-25)15-19-8-10-21(11-9-19)28(34)29-17-24-16-26(31-36-24)20-5-2-1-3-6-20/h1-11,14,16,18,23,25,27,30,33H,12-13,15,17H2,(H,29,34)/t23-,25+,27+/m0/s1. The van der Waals surface area contributed by atoms with Crippen LogP contribution in [0.2, 0.25) is 0 Å². The van der Waals surface area contributed by atoms with Crippen molar-refractivity contribution in [2.45, 2.75) is 44.0 Å². The van der Waals surface area contributed by atoms with Crippen LogP contribution in [0, 0.1) is 5.21 Å². The number of nitrogens with one attached hydrogen (secondary N) is 2. The van der Waals surface area contributed by atoms with Crippen LogP contribution in [0.1, 0.15) is 46.2 Å². The topological polar surface area (TPSA) is 114 Å². The van der Waals surface area contributed by atoms with Gasteiger partial charge in [-0.05, 0) is 43.0 Å². The van der Waals surface area contributed by atoms with E-state index in [1.165, 1.54) is 12.4 Å². The molecule has 2 aromatic heterocycles. The summed E-state index contributed by atoms with van der Waals surface area (Å²) >= 11 is 0. The van der Waals surface area contributed by atoms with Crippen LogP contribution in [-0.4, -0.2) is 28.3 Å². The van der Waals surface area contributed by atoms with E-state index in [4.69, 9.17) is 4.52 Å². The molecule has 1 aliphatic rings. The summed E-state index contributed by atoms with van der Waals surface area (Å²) in [6.07, 6.45) is 4.64. The van der Waals surface area contributed by atoms with Gasteiger partial charge < -0.3 is 25.5 Å². The van der Waals surface area contributed by atoms with Gasteiger partial charge in [-0.2, -0.15) is 4.73 Å². The lowest BCUT2D eigenvalue weighted by atomic mass is 10.0. The third kappa shape index (κ3) is 5.62. The van der Waals surface area contributed by atoms with Gasteiger partial charge in [0.15, 0.2) is 18.2 Å². The summed E-state index contributed by atoms with van der Waals surface area (Å²) in [6, 6.07) is 22.6. The minimum atomic E-state index is -0.726. The van der Waals surface area contributed by atoms with E-state index in [2.05, 4.69) is 15.8 Å². The number of hydrogen-bond donors (Lipinski definition) is 3. The fraction of sp³-hybridized carbons (Fsp3) is 0.250. The highest BCUT2D eigenvalue weighted by Gasteiger charge is 2.30. The third-order valence-corrected chi connectivity index (χ3v) is 6.55. The SMILES string of the molecule is O=C(NCc1cc(-c2ccccc2)no1)c1ccc(C[C@@H]2CC[C@H]([C@H](O)c3ccc[n+]([O-])c3)N2)cc1. The molecular formula is C28H28N4O4. The Kier molecular flexibility index (Phi) is 7.06. The maximum absolute atomic E-state index is 12.6. The molecule has 1 aliphatic heterocycles. The minimum Gasteiger partial charge on any atom is -0.619 e. The zero-order chi connectivity index (χ0) is 24.9. The molecule has 0 unspecified atom stereocenters. The lowest BCUT2D eigenvalue weighted by Gasteiger charge is -2.20. The maximum Gasteiger partial charge on any atom is 0.251 e. The highest BCUT2D eigenvalue weighted by Crippen LogP contribution is 2.26. The Hall–Kier alpha value is -4.01. The normalized spacial score (nSPS) is 18.1. The van der Waals surface area contributed by atoms with Crippen molar-refractivity contribution in [1.29, 1.82) is 0 Å². The number of aromatic nitrogens is 2. The molecule has 1 saturated heterocycles. The number of aliphatic hydroxyl groups is 1. The van der Waals surface area contributed by atoms with Gasteiger partial charge in [-0.3, -0.25) is 4.79 Å². The highest BCUT2D eigenvalue weighted by atomic mass is 16.5. The van der Waals surface area contributed by atoms with Crippen LogP contribution in [0.3, 0.4) is 0 Å². The van der Waals surface area contributed by atoms with Crippen LogP contribution < -0.4 is 15.4 Å². The molecule has 36 heavy (non-hydrogen) atoms. The lowest BCUT2D eigenvalue weighted by molar-refractivity contribution is -0.606. The van der Waals surface area contributed by atoms with Gasteiger partial charge in [-0.15, -0.1) is 0 Å². The summed E-state index contributed by atoms with van der Waals surface area (Å²) in [6.45, 7) is 0.254. The Bertz CT molecular complexity index is 1310. The van der Waals surface area contributed by atoms with Crippen molar-refractivity contribution in [2.24, 2.45) is 0 Å². The van der Waals surface area contributed by atoms with Crippen molar-refractivity contribution in [2.75, 3.05) is 0 Å². The molecule has 4 aromatic rings. The van der Waals surface area contributed by atoms with Crippen molar-refractivity contribution in [3.63, 3.8) is 0 Å². The highest BCUT2D eigenvalue weighted by molar-refractivity contribution is 5.94. The van der Waals surface area contributed by atoms with Crippen molar-refractivity contribution in [3.05, 3.63) is 113 Å². The number of benzene rings is 2. The molecule has 1 fully saturated rings. The van der Waals surface area contributed by atoms with Crippen molar-refractivity contribution in [1.82, 2.24) is 15.8 Å². The van der Waals surface area contributed by atoms with Crippen LogP contribution in [-0.2, 0) is 13.0 Å². The predicted molar refractivity (Wildman–Crippen MR) is 134 cm³/mol. The van der Waals surface area contributed by atoms with Gasteiger partial charge in [-0.1, -0.05) is 47.6 Å². The second-order valence-corrected chi connectivity index (χ2v) is 9.12. The largest absolute Gasteiger partial charge is 0.619 e. The average molecular weight is 485 g/mol. The Labute approximate surface area is 209 Å². The van der Waals surface area contributed by atoms with Crippen LogP contribution in [0.5, 0.6) is 0 Å². The van der Waals surface area contributed by atoms with Crippen molar-refractivity contribution >= 4 is 5.91 Å². The molecule has 3 N–H and O–H groups in total. The first-order chi connectivity index (χ1) is 17.5. The van der Waals surface area contributed by atoms with Gasteiger partial charge in [-0.25, -0.2) is 0 Å². The summed E-state index contributed by atoms with van der Waals surface area (Å²) in [5.41, 5.74) is 3.99. The summed E-state index contributed by atoms with van der Waals surface area (Å²) in [5.74, 6) is 0.406. The zero-order valence-corrected chi connectivity index (χ0v) is 19.7. The number of carbonyl (C=O) groups excluding carboxylic acids is 1. The van der Waals surface area contributed by atoms with Gasteiger partial charge in [0.2, 0.25) is 0 Å². The molecule has 2 aromatic carbocycles. The first-order valence-electron chi connectivity index (χ1n) is 12.1. The van der Waals surface area contributed by atoms with E-state index in [1.54, 1.807) is 12.1 Å². The minimum absolute atomic E-state index is 0.0963. The van der Waals surface area contributed by atoms with E-state index in [0.29, 0.717) is 21.6 Å². The van der Waals surface area contributed by atoms with E-state index in [0.717, 1.165) is 36.1 Å². The fourth-order valence-corrected chi connectivity index (χ4v) is 4.63. The summed E-state index contributed by atoms with van der Waals surface area (Å²) in [5, 5.41) is 32.6. The van der Waals surface area contributed by atoms with Crippen LogP contribution in [0.4, 0.5) is 0 Å². The smallest absolute Gasteiger partial charge is 0.251 e. The number of amides is 1. The lowest BCUT2D eigenvalue weighted by Crippen LogP contribution is -2.36. The fourth-order valence-electron chi connectivity index (χ4n) is 4.63. The molecule has 8 nitrogen and oxygen atoms in total. The van der Waals surface area contributed by atoms with E-state index in [-0.39, 0.29) is 24.5 Å². The summed E-state index contributed by atoms with van der Waals surface area (Å²) in [7, 11) is 0. The molecule has 0 bridgehead atoms. The van der Waals surface area contributed by atoms with Gasteiger partial charge in [0.25, 0.3) is 5.91 Å². The predicted octanol–water partition coefficient (Wildman–Crippen LogP) is 3.30. The van der Waals surface area contributed by atoms with Gasteiger partial charge >= 0.3 is 0 Å². The number of rotatable bonds is 8. The molecule has 1 amide bonds. The molecule has 0 saturated carbocycles. The van der Waals surface area contributed by atoms with Crippen molar-refractivity contribution in [3.8, 4) is 11.3 Å². The number of pyridine rings is 1. The maximum atomic E-state index is 12.6. The summed E-state index contributed by atoms with van der Waals surface area (Å²) in [4.78, 5) is 12.6.